The monoisotopic (exact) mass is 256 g/mol. The second-order valence-electron chi connectivity index (χ2n) is 6.63. The fourth-order valence-electron chi connectivity index (χ4n) is 3.01. The summed E-state index contributed by atoms with van der Waals surface area (Å²) in [5.41, 5.74) is -0.170. The van der Waals surface area contributed by atoms with Crippen LogP contribution in [0.5, 0.6) is 0 Å². The summed E-state index contributed by atoms with van der Waals surface area (Å²) in [7, 11) is 0. The lowest BCUT2D eigenvalue weighted by atomic mass is 10.1. The van der Waals surface area contributed by atoms with Gasteiger partial charge < -0.3 is 15.2 Å². The molecule has 4 heteroatoms. The van der Waals surface area contributed by atoms with Crippen molar-refractivity contribution in [2.24, 2.45) is 0 Å². The van der Waals surface area contributed by atoms with Crippen molar-refractivity contribution in [3.63, 3.8) is 0 Å². The van der Waals surface area contributed by atoms with E-state index >= 15 is 0 Å². The summed E-state index contributed by atoms with van der Waals surface area (Å²) in [5, 5.41) is 13.4. The Bertz CT molecular complexity index is 265. The van der Waals surface area contributed by atoms with Crippen molar-refractivity contribution in [1.29, 1.82) is 0 Å². The number of rotatable bonds is 5. The van der Waals surface area contributed by atoms with Crippen LogP contribution in [0.2, 0.25) is 0 Å². The molecule has 2 aliphatic heterocycles. The van der Waals surface area contributed by atoms with Crippen molar-refractivity contribution in [3.8, 4) is 0 Å². The average molecular weight is 256 g/mol. The first-order chi connectivity index (χ1) is 8.46. The van der Waals surface area contributed by atoms with Gasteiger partial charge in [-0.15, -0.1) is 0 Å². The number of aliphatic hydroxyl groups excluding tert-OH is 1. The highest BCUT2D eigenvalue weighted by molar-refractivity contribution is 4.95. The highest BCUT2D eigenvalue weighted by Crippen LogP contribution is 2.27. The molecule has 2 N–H and O–H groups in total. The number of nitrogens with zero attached hydrogens (tertiary/aromatic N) is 1. The van der Waals surface area contributed by atoms with E-state index in [1.807, 2.05) is 20.8 Å². The Kier molecular flexibility index (Phi) is 4.64. The Morgan fingerprint density at radius 1 is 1.33 bits per heavy atom. The van der Waals surface area contributed by atoms with Crippen LogP contribution in [0.25, 0.3) is 0 Å². The molecular formula is C14H28N2O2. The van der Waals surface area contributed by atoms with Crippen LogP contribution in [-0.2, 0) is 4.74 Å². The third-order valence-corrected chi connectivity index (χ3v) is 3.93. The maximum atomic E-state index is 9.91. The van der Waals surface area contributed by atoms with Crippen molar-refractivity contribution in [1.82, 2.24) is 10.2 Å². The van der Waals surface area contributed by atoms with Crippen LogP contribution in [0.15, 0.2) is 0 Å². The Morgan fingerprint density at radius 3 is 2.83 bits per heavy atom. The zero-order chi connectivity index (χ0) is 13.2. The molecule has 2 aliphatic rings. The lowest BCUT2D eigenvalue weighted by Gasteiger charge is -2.25. The van der Waals surface area contributed by atoms with Gasteiger partial charge in [-0.25, -0.2) is 0 Å². The third kappa shape index (κ3) is 3.92. The normalized spacial score (nSPS) is 30.7. The zero-order valence-corrected chi connectivity index (χ0v) is 12.0. The minimum absolute atomic E-state index is 0.170. The van der Waals surface area contributed by atoms with Crippen LogP contribution >= 0.6 is 0 Å². The van der Waals surface area contributed by atoms with Crippen LogP contribution in [0.1, 0.15) is 40.0 Å². The molecule has 3 unspecified atom stereocenters. The molecule has 0 radical (unpaired) electrons. The Morgan fingerprint density at radius 2 is 2.11 bits per heavy atom. The van der Waals surface area contributed by atoms with E-state index in [9.17, 15) is 5.11 Å². The molecule has 18 heavy (non-hydrogen) atoms. The molecule has 0 bridgehead atoms. The van der Waals surface area contributed by atoms with E-state index in [-0.39, 0.29) is 5.60 Å². The van der Waals surface area contributed by atoms with Crippen LogP contribution in [-0.4, -0.2) is 60.0 Å². The second-order valence-corrected chi connectivity index (χ2v) is 6.63. The maximum Gasteiger partial charge on any atom is 0.0898 e. The standard InChI is InChI=1S/C14H28N2O2/c1-14(2,3)18-10-11(17)9-15-12-6-8-16-7-4-5-13(12)16/h11-13,15,17H,4-10H2,1-3H3. The first-order valence-corrected chi connectivity index (χ1v) is 7.25. The van der Waals surface area contributed by atoms with Gasteiger partial charge in [-0.1, -0.05) is 0 Å². The van der Waals surface area contributed by atoms with Gasteiger partial charge in [0.05, 0.1) is 18.3 Å². The summed E-state index contributed by atoms with van der Waals surface area (Å²) >= 11 is 0. The van der Waals surface area contributed by atoms with E-state index in [2.05, 4.69) is 10.2 Å². The number of nitrogens with one attached hydrogen (secondary N) is 1. The van der Waals surface area contributed by atoms with E-state index in [1.54, 1.807) is 0 Å². The molecule has 2 fully saturated rings. The van der Waals surface area contributed by atoms with Crippen molar-refractivity contribution >= 4 is 0 Å². The summed E-state index contributed by atoms with van der Waals surface area (Å²) in [6.45, 7) is 9.58. The maximum absolute atomic E-state index is 9.91. The molecule has 0 aliphatic carbocycles. The Labute approximate surface area is 111 Å². The Hall–Kier alpha value is -0.160. The number of ether oxygens (including phenoxy) is 1. The lowest BCUT2D eigenvalue weighted by molar-refractivity contribution is -0.0484. The number of fused-ring (bicyclic) bond motifs is 1. The number of aliphatic hydroxyl groups is 1. The van der Waals surface area contributed by atoms with Crippen molar-refractivity contribution < 1.29 is 9.84 Å². The second kappa shape index (κ2) is 5.87. The van der Waals surface area contributed by atoms with E-state index in [0.29, 0.717) is 25.2 Å². The molecule has 0 aromatic rings. The van der Waals surface area contributed by atoms with E-state index in [0.717, 1.165) is 0 Å². The van der Waals surface area contributed by atoms with Gasteiger partial charge in [-0.3, -0.25) is 4.90 Å². The molecule has 2 saturated heterocycles. The fourth-order valence-corrected chi connectivity index (χ4v) is 3.01. The molecule has 0 aromatic carbocycles. The van der Waals surface area contributed by atoms with E-state index in [4.69, 9.17) is 4.74 Å². The smallest absolute Gasteiger partial charge is 0.0898 e. The molecule has 0 aromatic heterocycles. The molecular weight excluding hydrogens is 228 g/mol. The minimum Gasteiger partial charge on any atom is -0.389 e. The van der Waals surface area contributed by atoms with Gasteiger partial charge >= 0.3 is 0 Å². The van der Waals surface area contributed by atoms with E-state index in [1.165, 1.54) is 32.4 Å². The van der Waals surface area contributed by atoms with Gasteiger partial charge in [0.15, 0.2) is 0 Å². The molecule has 3 atom stereocenters. The van der Waals surface area contributed by atoms with Gasteiger partial charge in [0.2, 0.25) is 0 Å². The topological polar surface area (TPSA) is 44.7 Å². The lowest BCUT2D eigenvalue weighted by Crippen LogP contribution is -2.43. The SMILES string of the molecule is CC(C)(C)OCC(O)CNC1CCN2CCCC12. The van der Waals surface area contributed by atoms with Gasteiger partial charge in [0, 0.05) is 25.2 Å². The van der Waals surface area contributed by atoms with Gasteiger partial charge in [-0.05, 0) is 46.6 Å². The molecule has 2 rings (SSSR count). The van der Waals surface area contributed by atoms with Crippen LogP contribution in [0.4, 0.5) is 0 Å². The zero-order valence-electron chi connectivity index (χ0n) is 12.0. The van der Waals surface area contributed by atoms with Crippen molar-refractivity contribution in [2.75, 3.05) is 26.2 Å². The minimum atomic E-state index is -0.403. The van der Waals surface area contributed by atoms with Gasteiger partial charge in [0.1, 0.15) is 0 Å². The van der Waals surface area contributed by atoms with Crippen LogP contribution in [0, 0.1) is 0 Å². The summed E-state index contributed by atoms with van der Waals surface area (Å²) in [6.07, 6.45) is 3.46. The first-order valence-electron chi connectivity index (χ1n) is 7.25. The first kappa shape index (κ1) is 14.3. The van der Waals surface area contributed by atoms with Gasteiger partial charge in [0.25, 0.3) is 0 Å². The van der Waals surface area contributed by atoms with E-state index < -0.39 is 6.10 Å². The number of hydrogen-bond donors (Lipinski definition) is 2. The van der Waals surface area contributed by atoms with Crippen LogP contribution in [0.3, 0.4) is 0 Å². The molecule has 0 saturated carbocycles. The Balaban J connectivity index is 1.65. The summed E-state index contributed by atoms with van der Waals surface area (Å²) < 4.78 is 5.59. The number of hydrogen-bond acceptors (Lipinski definition) is 4. The summed E-state index contributed by atoms with van der Waals surface area (Å²) in [6, 6.07) is 1.28. The van der Waals surface area contributed by atoms with Crippen molar-refractivity contribution in [2.45, 2.75) is 63.8 Å². The summed E-state index contributed by atoms with van der Waals surface area (Å²) in [4.78, 5) is 2.58. The predicted octanol–water partition coefficient (Wildman–Crippen LogP) is 0.989. The third-order valence-electron chi connectivity index (χ3n) is 3.93. The summed E-state index contributed by atoms with van der Waals surface area (Å²) in [5.74, 6) is 0. The largest absolute Gasteiger partial charge is 0.389 e. The van der Waals surface area contributed by atoms with Crippen LogP contribution < -0.4 is 5.32 Å². The van der Waals surface area contributed by atoms with Gasteiger partial charge in [-0.2, -0.15) is 0 Å². The average Bonchev–Trinajstić information content (AvgIpc) is 2.85. The molecule has 4 nitrogen and oxygen atoms in total. The molecule has 2 heterocycles. The highest BCUT2D eigenvalue weighted by Gasteiger charge is 2.36. The quantitative estimate of drug-likeness (QED) is 0.770. The molecule has 106 valence electrons. The highest BCUT2D eigenvalue weighted by atomic mass is 16.5. The molecule has 0 spiro atoms. The predicted molar refractivity (Wildman–Crippen MR) is 72.7 cm³/mol. The fraction of sp³-hybridized carbons (Fsp3) is 1.00. The van der Waals surface area contributed by atoms with Crippen molar-refractivity contribution in [3.05, 3.63) is 0 Å². The molecule has 0 amide bonds.